The average Bonchev–Trinajstić information content (AvgIpc) is 2.54. The molecule has 3 amide bonds. The first kappa shape index (κ1) is 24.2. The quantitative estimate of drug-likeness (QED) is 0.313. The monoisotopic (exact) mass is 390 g/mol. The number of carbonyl (C=O) groups excluding carboxylic acids is 3. The standard InChI is InChI=1S/C16H30N4O5S/c1-8(2)12(20-13(21)9(3)17)15(23)18-10(4)14(22)19-11(16(24)25)6-7-26-5/h8-12H,6-7,17H2,1-5H3,(H,18,23)(H,19,22)(H,20,21)(H,24,25). The van der Waals surface area contributed by atoms with Crippen molar-refractivity contribution in [3.8, 4) is 0 Å². The molecule has 4 unspecified atom stereocenters. The van der Waals surface area contributed by atoms with Gasteiger partial charge in [0.1, 0.15) is 18.1 Å². The van der Waals surface area contributed by atoms with Gasteiger partial charge in [-0.15, -0.1) is 0 Å². The number of hydrogen-bond acceptors (Lipinski definition) is 6. The van der Waals surface area contributed by atoms with E-state index in [4.69, 9.17) is 10.8 Å². The summed E-state index contributed by atoms with van der Waals surface area (Å²) in [7, 11) is 0. The van der Waals surface area contributed by atoms with Gasteiger partial charge in [0, 0.05) is 0 Å². The van der Waals surface area contributed by atoms with E-state index in [1.165, 1.54) is 25.6 Å². The van der Waals surface area contributed by atoms with Gasteiger partial charge in [-0.2, -0.15) is 11.8 Å². The Labute approximate surface area is 158 Å². The van der Waals surface area contributed by atoms with Crippen LogP contribution in [-0.4, -0.2) is 65.0 Å². The van der Waals surface area contributed by atoms with Crippen molar-refractivity contribution < 1.29 is 24.3 Å². The SMILES string of the molecule is CSCCC(NC(=O)C(C)NC(=O)C(NC(=O)C(C)N)C(C)C)C(=O)O. The number of hydrogen-bond donors (Lipinski definition) is 5. The Morgan fingerprint density at radius 2 is 1.54 bits per heavy atom. The van der Waals surface area contributed by atoms with Crippen molar-refractivity contribution in [2.75, 3.05) is 12.0 Å². The van der Waals surface area contributed by atoms with Crippen LogP contribution in [0.2, 0.25) is 0 Å². The number of rotatable bonds is 11. The molecule has 0 radical (unpaired) electrons. The van der Waals surface area contributed by atoms with Gasteiger partial charge in [-0.25, -0.2) is 4.79 Å². The second kappa shape index (κ2) is 11.7. The summed E-state index contributed by atoms with van der Waals surface area (Å²) in [6.07, 6.45) is 2.12. The summed E-state index contributed by atoms with van der Waals surface area (Å²) in [5.41, 5.74) is 5.49. The summed E-state index contributed by atoms with van der Waals surface area (Å²) in [6.45, 7) is 6.45. The van der Waals surface area contributed by atoms with E-state index in [0.29, 0.717) is 5.75 Å². The van der Waals surface area contributed by atoms with Crippen LogP contribution in [0.15, 0.2) is 0 Å². The van der Waals surface area contributed by atoms with E-state index in [1.807, 2.05) is 6.26 Å². The summed E-state index contributed by atoms with van der Waals surface area (Å²) in [5.74, 6) is -2.38. The molecule has 0 aliphatic heterocycles. The number of thioether (sulfide) groups is 1. The number of nitrogens with two attached hydrogens (primary N) is 1. The normalized spacial score (nSPS) is 15.5. The Morgan fingerprint density at radius 3 is 1.96 bits per heavy atom. The van der Waals surface area contributed by atoms with Crippen LogP contribution in [0.25, 0.3) is 0 Å². The van der Waals surface area contributed by atoms with Gasteiger partial charge < -0.3 is 26.8 Å². The van der Waals surface area contributed by atoms with Crippen molar-refractivity contribution in [1.29, 1.82) is 0 Å². The molecule has 0 aromatic heterocycles. The highest BCUT2D eigenvalue weighted by Gasteiger charge is 2.29. The number of aliphatic carboxylic acids is 1. The van der Waals surface area contributed by atoms with Gasteiger partial charge in [-0.1, -0.05) is 13.8 Å². The zero-order valence-corrected chi connectivity index (χ0v) is 16.7. The first-order valence-corrected chi connectivity index (χ1v) is 9.79. The van der Waals surface area contributed by atoms with Crippen LogP contribution in [0.5, 0.6) is 0 Å². The molecule has 0 saturated heterocycles. The molecule has 0 aliphatic carbocycles. The van der Waals surface area contributed by atoms with E-state index in [-0.39, 0.29) is 12.3 Å². The molecule has 0 aromatic carbocycles. The first-order chi connectivity index (χ1) is 12.0. The van der Waals surface area contributed by atoms with Crippen molar-refractivity contribution in [2.24, 2.45) is 11.7 Å². The molecule has 0 spiro atoms. The summed E-state index contributed by atoms with van der Waals surface area (Å²) in [5, 5.41) is 16.6. The maximum Gasteiger partial charge on any atom is 0.326 e. The number of carboxylic acid groups (broad SMARTS) is 1. The first-order valence-electron chi connectivity index (χ1n) is 8.39. The minimum Gasteiger partial charge on any atom is -0.480 e. The van der Waals surface area contributed by atoms with E-state index in [9.17, 15) is 19.2 Å². The van der Waals surface area contributed by atoms with Crippen molar-refractivity contribution in [2.45, 2.75) is 58.3 Å². The Kier molecular flexibility index (Phi) is 10.9. The van der Waals surface area contributed by atoms with E-state index in [2.05, 4.69) is 16.0 Å². The fraction of sp³-hybridized carbons (Fsp3) is 0.750. The fourth-order valence-electron chi connectivity index (χ4n) is 1.98. The predicted molar refractivity (Wildman–Crippen MR) is 101 cm³/mol. The van der Waals surface area contributed by atoms with E-state index < -0.39 is 47.9 Å². The van der Waals surface area contributed by atoms with Gasteiger partial charge in [0.15, 0.2) is 0 Å². The molecule has 0 aliphatic rings. The second-order valence-electron chi connectivity index (χ2n) is 6.43. The van der Waals surface area contributed by atoms with Crippen molar-refractivity contribution in [1.82, 2.24) is 16.0 Å². The molecule has 4 atom stereocenters. The van der Waals surface area contributed by atoms with E-state index >= 15 is 0 Å². The largest absolute Gasteiger partial charge is 0.480 e. The molecule has 9 nitrogen and oxygen atoms in total. The lowest BCUT2D eigenvalue weighted by Gasteiger charge is -2.25. The highest BCUT2D eigenvalue weighted by molar-refractivity contribution is 7.98. The van der Waals surface area contributed by atoms with Gasteiger partial charge in [-0.3, -0.25) is 14.4 Å². The van der Waals surface area contributed by atoms with Crippen molar-refractivity contribution in [3.05, 3.63) is 0 Å². The Bertz CT molecular complexity index is 513. The van der Waals surface area contributed by atoms with Crippen molar-refractivity contribution >= 4 is 35.5 Å². The fourth-order valence-corrected chi connectivity index (χ4v) is 2.45. The lowest BCUT2D eigenvalue weighted by Crippen LogP contribution is -2.57. The smallest absolute Gasteiger partial charge is 0.326 e. The lowest BCUT2D eigenvalue weighted by atomic mass is 10.0. The van der Waals surface area contributed by atoms with Crippen molar-refractivity contribution in [3.63, 3.8) is 0 Å². The van der Waals surface area contributed by atoms with Crippen LogP contribution in [-0.2, 0) is 19.2 Å². The molecule has 0 saturated carbocycles. The van der Waals surface area contributed by atoms with Gasteiger partial charge in [-0.05, 0) is 38.2 Å². The van der Waals surface area contributed by atoms with Crippen LogP contribution in [0.4, 0.5) is 0 Å². The zero-order valence-electron chi connectivity index (χ0n) is 15.9. The predicted octanol–water partition coefficient (Wildman–Crippen LogP) is -0.698. The summed E-state index contributed by atoms with van der Waals surface area (Å²) in [4.78, 5) is 47.5. The van der Waals surface area contributed by atoms with Crippen LogP contribution in [0.1, 0.15) is 34.1 Å². The molecule has 0 aromatic rings. The second-order valence-corrected chi connectivity index (χ2v) is 7.42. The Balaban J connectivity index is 4.85. The highest BCUT2D eigenvalue weighted by Crippen LogP contribution is 2.04. The minimum atomic E-state index is -1.13. The third kappa shape index (κ3) is 8.52. The third-order valence-corrected chi connectivity index (χ3v) is 4.28. The topological polar surface area (TPSA) is 151 Å². The Morgan fingerprint density at radius 1 is 0.962 bits per heavy atom. The van der Waals surface area contributed by atoms with Gasteiger partial charge >= 0.3 is 5.97 Å². The molecule has 150 valence electrons. The van der Waals surface area contributed by atoms with Crippen LogP contribution in [0.3, 0.4) is 0 Å². The van der Waals surface area contributed by atoms with E-state index in [0.717, 1.165) is 0 Å². The molecule has 0 fully saturated rings. The summed E-state index contributed by atoms with van der Waals surface area (Å²) in [6, 6.07) is -3.59. The lowest BCUT2D eigenvalue weighted by molar-refractivity contribution is -0.142. The van der Waals surface area contributed by atoms with Crippen LogP contribution >= 0.6 is 11.8 Å². The van der Waals surface area contributed by atoms with Crippen LogP contribution < -0.4 is 21.7 Å². The molecule has 26 heavy (non-hydrogen) atoms. The molecule has 0 heterocycles. The van der Waals surface area contributed by atoms with Gasteiger partial charge in [0.2, 0.25) is 17.7 Å². The average molecular weight is 391 g/mol. The molecular formula is C16H30N4O5S. The number of carboxylic acids is 1. The highest BCUT2D eigenvalue weighted by atomic mass is 32.2. The number of amides is 3. The maximum absolute atomic E-state index is 12.4. The summed E-state index contributed by atoms with van der Waals surface area (Å²) < 4.78 is 0. The van der Waals surface area contributed by atoms with Gasteiger partial charge in [0.25, 0.3) is 0 Å². The molecule has 6 N–H and O–H groups in total. The number of carbonyl (C=O) groups is 4. The van der Waals surface area contributed by atoms with Gasteiger partial charge in [0.05, 0.1) is 6.04 Å². The zero-order chi connectivity index (χ0) is 20.4. The molecule has 0 rings (SSSR count). The number of nitrogens with one attached hydrogen (secondary N) is 3. The Hall–Kier alpha value is -1.81. The minimum absolute atomic E-state index is 0.221. The summed E-state index contributed by atoms with van der Waals surface area (Å²) >= 11 is 1.47. The third-order valence-electron chi connectivity index (χ3n) is 3.64. The molecular weight excluding hydrogens is 360 g/mol. The molecule has 0 bridgehead atoms. The maximum atomic E-state index is 12.4. The molecule has 10 heteroatoms. The van der Waals surface area contributed by atoms with Crippen LogP contribution in [0, 0.1) is 5.92 Å². The van der Waals surface area contributed by atoms with E-state index in [1.54, 1.807) is 13.8 Å².